The number of ketones is 1. The standard InChI is InChI=1S/C22H16N4O3S2/c1-14-21(31-22(23-14)16-5-3-2-4-6-16)18-11-12-20(25-24-18)30-13-19(27)15-7-9-17(10-8-15)26(28)29/h2-12H,13H2,1H3. The normalized spacial score (nSPS) is 10.7. The van der Waals surface area contributed by atoms with Crippen molar-refractivity contribution < 1.29 is 9.72 Å². The van der Waals surface area contributed by atoms with Gasteiger partial charge in [-0.15, -0.1) is 21.5 Å². The number of thioether (sulfide) groups is 1. The molecule has 7 nitrogen and oxygen atoms in total. The van der Waals surface area contributed by atoms with Gasteiger partial charge in [-0.1, -0.05) is 42.1 Å². The summed E-state index contributed by atoms with van der Waals surface area (Å²) in [5.74, 6) is 0.0420. The van der Waals surface area contributed by atoms with Gasteiger partial charge in [-0.3, -0.25) is 14.9 Å². The van der Waals surface area contributed by atoms with Gasteiger partial charge in [0, 0.05) is 23.3 Å². The van der Waals surface area contributed by atoms with Crippen LogP contribution < -0.4 is 0 Å². The number of nitro benzene ring substituents is 1. The smallest absolute Gasteiger partial charge is 0.269 e. The zero-order valence-electron chi connectivity index (χ0n) is 16.4. The number of nitro groups is 1. The van der Waals surface area contributed by atoms with Crippen LogP contribution in [0.5, 0.6) is 0 Å². The molecule has 154 valence electrons. The minimum Gasteiger partial charge on any atom is -0.293 e. The van der Waals surface area contributed by atoms with Crippen LogP contribution in [-0.4, -0.2) is 31.6 Å². The fourth-order valence-electron chi connectivity index (χ4n) is 2.85. The Hall–Kier alpha value is -3.43. The van der Waals surface area contributed by atoms with Crippen molar-refractivity contribution >= 4 is 34.6 Å². The maximum Gasteiger partial charge on any atom is 0.269 e. The number of nitrogens with zero attached hydrogens (tertiary/aromatic N) is 4. The number of Topliss-reactive ketones (excluding diaryl/α,β-unsaturated/α-hetero) is 1. The Balaban J connectivity index is 1.42. The predicted octanol–water partition coefficient (Wildman–Crippen LogP) is 5.46. The van der Waals surface area contributed by atoms with Crippen molar-refractivity contribution in [2.45, 2.75) is 11.9 Å². The van der Waals surface area contributed by atoms with Crippen LogP contribution in [0.1, 0.15) is 16.1 Å². The molecule has 0 saturated carbocycles. The Morgan fingerprint density at radius 2 is 1.77 bits per heavy atom. The quantitative estimate of drug-likeness (QED) is 0.160. The van der Waals surface area contributed by atoms with Crippen molar-refractivity contribution in [1.29, 1.82) is 0 Å². The first kappa shape index (κ1) is 20.8. The molecule has 0 aliphatic heterocycles. The summed E-state index contributed by atoms with van der Waals surface area (Å²) in [6, 6.07) is 19.3. The van der Waals surface area contributed by atoms with Gasteiger partial charge in [0.15, 0.2) is 5.78 Å². The summed E-state index contributed by atoms with van der Waals surface area (Å²) < 4.78 is 0. The molecule has 0 aliphatic rings. The zero-order chi connectivity index (χ0) is 21.8. The van der Waals surface area contributed by atoms with E-state index in [2.05, 4.69) is 15.2 Å². The molecule has 2 heterocycles. The molecule has 4 rings (SSSR count). The van der Waals surface area contributed by atoms with Gasteiger partial charge in [0.05, 0.1) is 21.2 Å². The topological polar surface area (TPSA) is 98.9 Å². The summed E-state index contributed by atoms with van der Waals surface area (Å²) in [5, 5.41) is 20.8. The van der Waals surface area contributed by atoms with E-state index in [1.54, 1.807) is 11.3 Å². The van der Waals surface area contributed by atoms with Crippen molar-refractivity contribution in [1.82, 2.24) is 15.2 Å². The third-order valence-electron chi connectivity index (χ3n) is 4.44. The number of rotatable bonds is 7. The van der Waals surface area contributed by atoms with Crippen molar-refractivity contribution in [3.05, 3.63) is 88.1 Å². The van der Waals surface area contributed by atoms with Gasteiger partial charge >= 0.3 is 0 Å². The molecule has 0 amide bonds. The molecular weight excluding hydrogens is 432 g/mol. The molecule has 2 aromatic heterocycles. The highest BCUT2D eigenvalue weighted by molar-refractivity contribution is 7.99. The Labute approximate surface area is 186 Å². The van der Waals surface area contributed by atoms with Gasteiger partial charge in [-0.25, -0.2) is 4.98 Å². The summed E-state index contributed by atoms with van der Waals surface area (Å²) in [5.41, 5.74) is 3.08. The average molecular weight is 449 g/mol. The van der Waals surface area contributed by atoms with E-state index in [-0.39, 0.29) is 17.2 Å². The highest BCUT2D eigenvalue weighted by Crippen LogP contribution is 2.34. The van der Waals surface area contributed by atoms with Crippen LogP contribution in [0.15, 0.2) is 71.8 Å². The van der Waals surface area contributed by atoms with Crippen LogP contribution in [0.25, 0.3) is 21.1 Å². The number of aromatic nitrogens is 3. The molecule has 0 atom stereocenters. The molecule has 0 N–H and O–H groups in total. The molecule has 9 heteroatoms. The van der Waals surface area contributed by atoms with Gasteiger partial charge < -0.3 is 0 Å². The Kier molecular flexibility index (Phi) is 6.15. The van der Waals surface area contributed by atoms with Crippen LogP contribution in [0, 0.1) is 17.0 Å². The molecule has 0 bridgehead atoms. The third kappa shape index (κ3) is 4.84. The summed E-state index contributed by atoms with van der Waals surface area (Å²) in [6.07, 6.45) is 0. The van der Waals surface area contributed by atoms with Gasteiger partial charge in [-0.2, -0.15) is 0 Å². The van der Waals surface area contributed by atoms with E-state index in [1.165, 1.54) is 36.0 Å². The van der Waals surface area contributed by atoms with Crippen LogP contribution in [0.3, 0.4) is 0 Å². The largest absolute Gasteiger partial charge is 0.293 e. The molecule has 0 radical (unpaired) electrons. The Morgan fingerprint density at radius 3 is 2.42 bits per heavy atom. The number of carbonyl (C=O) groups is 1. The third-order valence-corrected chi connectivity index (χ3v) is 6.59. The lowest BCUT2D eigenvalue weighted by molar-refractivity contribution is -0.384. The van der Waals surface area contributed by atoms with E-state index < -0.39 is 4.92 Å². The first-order valence-corrected chi connectivity index (χ1v) is 11.1. The number of aryl methyl sites for hydroxylation is 1. The monoisotopic (exact) mass is 448 g/mol. The predicted molar refractivity (Wildman–Crippen MR) is 121 cm³/mol. The van der Waals surface area contributed by atoms with E-state index >= 15 is 0 Å². The lowest BCUT2D eigenvalue weighted by atomic mass is 10.1. The fourth-order valence-corrected chi connectivity index (χ4v) is 4.59. The summed E-state index contributed by atoms with van der Waals surface area (Å²) in [7, 11) is 0. The minimum absolute atomic E-state index is 0.0422. The number of benzene rings is 2. The average Bonchev–Trinajstić information content (AvgIpc) is 3.20. The van der Waals surface area contributed by atoms with E-state index in [0.29, 0.717) is 10.6 Å². The number of hydrogen-bond acceptors (Lipinski definition) is 8. The lowest BCUT2D eigenvalue weighted by Gasteiger charge is -2.02. The molecule has 0 unspecified atom stereocenters. The Morgan fingerprint density at radius 1 is 1.03 bits per heavy atom. The number of hydrogen-bond donors (Lipinski definition) is 0. The number of carbonyl (C=O) groups excluding carboxylic acids is 1. The highest BCUT2D eigenvalue weighted by atomic mass is 32.2. The van der Waals surface area contributed by atoms with Crippen LogP contribution in [0.2, 0.25) is 0 Å². The second-order valence-corrected chi connectivity index (χ2v) is 8.57. The van der Waals surface area contributed by atoms with Crippen LogP contribution >= 0.6 is 23.1 Å². The second-order valence-electron chi connectivity index (χ2n) is 6.57. The molecule has 4 aromatic rings. The lowest BCUT2D eigenvalue weighted by Crippen LogP contribution is -2.03. The fraction of sp³-hybridized carbons (Fsp3) is 0.0909. The maximum atomic E-state index is 12.3. The van der Waals surface area contributed by atoms with Crippen molar-refractivity contribution in [2.24, 2.45) is 0 Å². The Bertz CT molecular complexity index is 1220. The first-order valence-electron chi connectivity index (χ1n) is 9.28. The maximum absolute atomic E-state index is 12.3. The summed E-state index contributed by atoms with van der Waals surface area (Å²) in [4.78, 5) is 28.2. The van der Waals surface area contributed by atoms with Gasteiger partial charge in [0.25, 0.3) is 5.69 Å². The SMILES string of the molecule is Cc1nc(-c2ccccc2)sc1-c1ccc(SCC(=O)c2ccc([N+](=O)[O-])cc2)nn1. The van der Waals surface area contributed by atoms with Gasteiger partial charge in [0.2, 0.25) is 0 Å². The number of thiazole rings is 1. The molecule has 2 aromatic carbocycles. The molecule has 0 saturated heterocycles. The summed E-state index contributed by atoms with van der Waals surface area (Å²) in [6.45, 7) is 1.95. The van der Waals surface area contributed by atoms with Crippen molar-refractivity contribution in [3.63, 3.8) is 0 Å². The second kappa shape index (κ2) is 9.15. The van der Waals surface area contributed by atoms with E-state index in [9.17, 15) is 14.9 Å². The van der Waals surface area contributed by atoms with E-state index in [0.717, 1.165) is 26.8 Å². The van der Waals surface area contributed by atoms with Crippen LogP contribution in [0.4, 0.5) is 5.69 Å². The van der Waals surface area contributed by atoms with Crippen molar-refractivity contribution in [3.8, 4) is 21.1 Å². The zero-order valence-corrected chi connectivity index (χ0v) is 18.0. The molecule has 0 spiro atoms. The van der Waals surface area contributed by atoms with E-state index in [4.69, 9.17) is 0 Å². The molecule has 0 aliphatic carbocycles. The summed E-state index contributed by atoms with van der Waals surface area (Å²) >= 11 is 2.84. The van der Waals surface area contributed by atoms with E-state index in [1.807, 2.05) is 49.4 Å². The molecular formula is C22H16N4O3S2. The molecule has 31 heavy (non-hydrogen) atoms. The number of non-ortho nitro benzene ring substituents is 1. The van der Waals surface area contributed by atoms with Crippen molar-refractivity contribution in [2.75, 3.05) is 5.75 Å². The minimum atomic E-state index is -0.492. The highest BCUT2D eigenvalue weighted by Gasteiger charge is 2.14. The van der Waals surface area contributed by atoms with Gasteiger partial charge in [0.1, 0.15) is 15.7 Å². The first-order chi connectivity index (χ1) is 15.0. The van der Waals surface area contributed by atoms with Gasteiger partial charge in [-0.05, 0) is 31.2 Å². The van der Waals surface area contributed by atoms with Crippen LogP contribution in [-0.2, 0) is 0 Å². The molecule has 0 fully saturated rings.